The molecule has 0 heterocycles. The molecule has 0 bridgehead atoms. The maximum atomic E-state index is 12.1. The minimum atomic E-state index is -0.513. The number of aliphatic hydroxyl groups is 1. The number of benzene rings is 1. The number of nitrogens with one attached hydrogen (secondary N) is 2. The lowest BCUT2D eigenvalue weighted by molar-refractivity contribution is 0.159. The number of aryl methyl sites for hydroxylation is 2. The summed E-state index contributed by atoms with van der Waals surface area (Å²) in [4.78, 5) is 12.1. The van der Waals surface area contributed by atoms with E-state index in [0.29, 0.717) is 5.92 Å². The number of anilines is 1. The van der Waals surface area contributed by atoms with E-state index >= 15 is 0 Å². The molecule has 2 rings (SSSR count). The van der Waals surface area contributed by atoms with Crippen molar-refractivity contribution in [2.75, 3.05) is 11.9 Å². The number of hydrogen-bond acceptors (Lipinski definition) is 2. The van der Waals surface area contributed by atoms with E-state index in [4.69, 9.17) is 0 Å². The van der Waals surface area contributed by atoms with Gasteiger partial charge in [0.2, 0.25) is 0 Å². The summed E-state index contributed by atoms with van der Waals surface area (Å²) in [5, 5.41) is 15.3. The van der Waals surface area contributed by atoms with Gasteiger partial charge >= 0.3 is 6.03 Å². The Morgan fingerprint density at radius 3 is 2.42 bits per heavy atom. The number of para-hydroxylation sites is 1. The Morgan fingerprint density at radius 2 is 1.95 bits per heavy atom. The Balaban J connectivity index is 2.05. The molecule has 19 heavy (non-hydrogen) atoms. The quantitative estimate of drug-likeness (QED) is 0.781. The minimum Gasteiger partial charge on any atom is -0.394 e. The molecule has 1 aromatic rings. The fraction of sp³-hybridized carbons (Fsp3) is 0.533. The number of carbonyl (C=O) groups is 1. The maximum Gasteiger partial charge on any atom is 0.319 e. The standard InChI is InChI=1S/C15H22N2O2/c1-10-5-4-6-11(2)13(10)16-14(19)17-15(3,9-18)12-7-8-12/h4-6,12,18H,7-9H2,1-3H3,(H2,16,17,19). The van der Waals surface area contributed by atoms with Crippen LogP contribution >= 0.6 is 0 Å². The summed E-state index contributed by atoms with van der Waals surface area (Å²) >= 11 is 0. The van der Waals surface area contributed by atoms with Gasteiger partial charge in [0.15, 0.2) is 0 Å². The van der Waals surface area contributed by atoms with E-state index in [2.05, 4.69) is 10.6 Å². The molecule has 0 aromatic heterocycles. The topological polar surface area (TPSA) is 61.4 Å². The monoisotopic (exact) mass is 262 g/mol. The molecule has 1 fully saturated rings. The highest BCUT2D eigenvalue weighted by atomic mass is 16.3. The smallest absolute Gasteiger partial charge is 0.319 e. The van der Waals surface area contributed by atoms with Crippen LogP contribution in [0.2, 0.25) is 0 Å². The molecule has 104 valence electrons. The third-order valence-electron chi connectivity index (χ3n) is 3.93. The van der Waals surface area contributed by atoms with Crippen LogP contribution in [0.4, 0.5) is 10.5 Å². The first-order valence-corrected chi connectivity index (χ1v) is 6.72. The third-order valence-corrected chi connectivity index (χ3v) is 3.93. The van der Waals surface area contributed by atoms with Crippen LogP contribution in [0.5, 0.6) is 0 Å². The van der Waals surface area contributed by atoms with Crippen LogP contribution < -0.4 is 10.6 Å². The Bertz CT molecular complexity index is 463. The van der Waals surface area contributed by atoms with E-state index in [0.717, 1.165) is 29.7 Å². The molecule has 0 spiro atoms. The van der Waals surface area contributed by atoms with E-state index < -0.39 is 5.54 Å². The Labute approximate surface area is 114 Å². The lowest BCUT2D eigenvalue weighted by Crippen LogP contribution is -2.52. The van der Waals surface area contributed by atoms with Crippen molar-refractivity contribution in [3.8, 4) is 0 Å². The highest BCUT2D eigenvalue weighted by molar-refractivity contribution is 5.91. The Hall–Kier alpha value is -1.55. The van der Waals surface area contributed by atoms with E-state index in [-0.39, 0.29) is 12.6 Å². The Kier molecular flexibility index (Phi) is 3.80. The van der Waals surface area contributed by atoms with Gasteiger partial charge < -0.3 is 15.7 Å². The summed E-state index contributed by atoms with van der Waals surface area (Å²) in [7, 11) is 0. The molecule has 1 saturated carbocycles. The molecule has 0 radical (unpaired) electrons. The molecule has 4 heteroatoms. The van der Waals surface area contributed by atoms with Gasteiger partial charge in [-0.3, -0.25) is 0 Å². The van der Waals surface area contributed by atoms with Gasteiger partial charge in [0.25, 0.3) is 0 Å². The summed E-state index contributed by atoms with van der Waals surface area (Å²) in [5.41, 5.74) is 2.40. The molecule has 1 unspecified atom stereocenters. The molecular weight excluding hydrogens is 240 g/mol. The number of rotatable bonds is 4. The number of hydrogen-bond donors (Lipinski definition) is 3. The van der Waals surface area contributed by atoms with E-state index in [1.807, 2.05) is 39.0 Å². The maximum absolute atomic E-state index is 12.1. The summed E-state index contributed by atoms with van der Waals surface area (Å²) in [6, 6.07) is 5.65. The predicted octanol–water partition coefficient (Wildman–Crippen LogP) is 2.59. The highest BCUT2D eigenvalue weighted by Crippen LogP contribution is 2.39. The van der Waals surface area contributed by atoms with Gasteiger partial charge in [0.1, 0.15) is 0 Å². The van der Waals surface area contributed by atoms with Gasteiger partial charge in [0, 0.05) is 5.69 Å². The molecule has 4 nitrogen and oxygen atoms in total. The van der Waals surface area contributed by atoms with Gasteiger partial charge in [-0.25, -0.2) is 4.79 Å². The van der Waals surface area contributed by atoms with Crippen LogP contribution in [0.1, 0.15) is 30.9 Å². The van der Waals surface area contributed by atoms with Gasteiger partial charge in [-0.05, 0) is 50.7 Å². The first-order valence-electron chi connectivity index (χ1n) is 6.72. The van der Waals surface area contributed by atoms with Crippen molar-refractivity contribution in [3.63, 3.8) is 0 Å². The average molecular weight is 262 g/mol. The molecule has 1 aromatic carbocycles. The number of urea groups is 1. The van der Waals surface area contributed by atoms with E-state index in [1.165, 1.54) is 0 Å². The fourth-order valence-corrected chi connectivity index (χ4v) is 2.41. The van der Waals surface area contributed by atoms with Crippen molar-refractivity contribution in [2.45, 2.75) is 39.2 Å². The van der Waals surface area contributed by atoms with Crippen molar-refractivity contribution < 1.29 is 9.90 Å². The van der Waals surface area contributed by atoms with Gasteiger partial charge in [-0.1, -0.05) is 18.2 Å². The van der Waals surface area contributed by atoms with Crippen LogP contribution in [-0.2, 0) is 0 Å². The third kappa shape index (κ3) is 3.07. The van der Waals surface area contributed by atoms with Crippen LogP contribution in [0.15, 0.2) is 18.2 Å². The minimum absolute atomic E-state index is 0.0299. The molecule has 0 saturated heterocycles. The van der Waals surface area contributed by atoms with Crippen LogP contribution in [0, 0.1) is 19.8 Å². The highest BCUT2D eigenvalue weighted by Gasteiger charge is 2.42. The zero-order chi connectivity index (χ0) is 14.0. The molecule has 3 N–H and O–H groups in total. The van der Waals surface area contributed by atoms with Crippen molar-refractivity contribution in [3.05, 3.63) is 29.3 Å². The van der Waals surface area contributed by atoms with Crippen LogP contribution in [-0.4, -0.2) is 23.3 Å². The molecule has 2 amide bonds. The first-order chi connectivity index (χ1) is 8.96. The predicted molar refractivity (Wildman–Crippen MR) is 76.3 cm³/mol. The lowest BCUT2D eigenvalue weighted by atomic mass is 9.97. The second kappa shape index (κ2) is 5.21. The van der Waals surface area contributed by atoms with Crippen LogP contribution in [0.3, 0.4) is 0 Å². The number of amides is 2. The largest absolute Gasteiger partial charge is 0.394 e. The molecule has 0 aliphatic heterocycles. The molecule has 1 atom stereocenters. The lowest BCUT2D eigenvalue weighted by Gasteiger charge is -2.29. The molecule has 1 aliphatic carbocycles. The van der Waals surface area contributed by atoms with Gasteiger partial charge in [-0.2, -0.15) is 0 Å². The van der Waals surface area contributed by atoms with E-state index in [9.17, 15) is 9.90 Å². The summed E-state index contributed by atoms with van der Waals surface area (Å²) < 4.78 is 0. The first kappa shape index (κ1) is 13.9. The molecular formula is C15H22N2O2. The SMILES string of the molecule is Cc1cccc(C)c1NC(=O)NC(C)(CO)C1CC1. The zero-order valence-electron chi connectivity index (χ0n) is 11.8. The van der Waals surface area contributed by atoms with E-state index in [1.54, 1.807) is 0 Å². The van der Waals surface area contributed by atoms with Crippen LogP contribution in [0.25, 0.3) is 0 Å². The number of carbonyl (C=O) groups excluding carboxylic acids is 1. The van der Waals surface area contributed by atoms with Crippen molar-refractivity contribution in [2.24, 2.45) is 5.92 Å². The van der Waals surface area contributed by atoms with Gasteiger partial charge in [0.05, 0.1) is 12.1 Å². The van der Waals surface area contributed by atoms with Crippen molar-refractivity contribution in [1.82, 2.24) is 5.32 Å². The van der Waals surface area contributed by atoms with Gasteiger partial charge in [-0.15, -0.1) is 0 Å². The van der Waals surface area contributed by atoms with Crippen molar-refractivity contribution >= 4 is 11.7 Å². The summed E-state index contributed by atoms with van der Waals surface area (Å²) in [5.74, 6) is 0.390. The average Bonchev–Trinajstić information content (AvgIpc) is 3.18. The fourth-order valence-electron chi connectivity index (χ4n) is 2.41. The second-order valence-electron chi connectivity index (χ2n) is 5.70. The number of aliphatic hydroxyl groups excluding tert-OH is 1. The summed E-state index contributed by atoms with van der Waals surface area (Å²) in [6.07, 6.45) is 2.14. The zero-order valence-corrected chi connectivity index (χ0v) is 11.8. The Morgan fingerprint density at radius 1 is 1.37 bits per heavy atom. The normalized spacial score (nSPS) is 17.7. The van der Waals surface area contributed by atoms with Crippen molar-refractivity contribution in [1.29, 1.82) is 0 Å². The molecule has 1 aliphatic rings. The summed E-state index contributed by atoms with van der Waals surface area (Å²) in [6.45, 7) is 5.80. The second-order valence-corrected chi connectivity index (χ2v) is 5.70.